The first-order valence-corrected chi connectivity index (χ1v) is 5.14. The van der Waals surface area contributed by atoms with Crippen LogP contribution in [0.5, 0.6) is 0 Å². The molecule has 0 bridgehead atoms. The first kappa shape index (κ1) is 9.20. The highest BCUT2D eigenvalue weighted by molar-refractivity contribution is 7.13. The van der Waals surface area contributed by atoms with Crippen molar-refractivity contribution in [2.24, 2.45) is 0 Å². The van der Waals surface area contributed by atoms with Gasteiger partial charge in [-0.3, -0.25) is 0 Å². The SMILES string of the molecule is O=C(O)N1CCN(c2nncs2)CC1. The van der Waals surface area contributed by atoms with Crippen molar-refractivity contribution in [2.75, 3.05) is 31.1 Å². The molecule has 1 aromatic rings. The summed E-state index contributed by atoms with van der Waals surface area (Å²) in [6, 6.07) is 0. The minimum atomic E-state index is -0.845. The molecule has 1 amide bonds. The monoisotopic (exact) mass is 214 g/mol. The molecule has 1 fully saturated rings. The van der Waals surface area contributed by atoms with Gasteiger partial charge in [0.25, 0.3) is 0 Å². The molecule has 6 nitrogen and oxygen atoms in total. The molecule has 14 heavy (non-hydrogen) atoms. The van der Waals surface area contributed by atoms with Crippen LogP contribution in [0, 0.1) is 0 Å². The van der Waals surface area contributed by atoms with E-state index in [2.05, 4.69) is 15.1 Å². The van der Waals surface area contributed by atoms with Crippen LogP contribution in [-0.2, 0) is 0 Å². The lowest BCUT2D eigenvalue weighted by Gasteiger charge is -2.32. The normalized spacial score (nSPS) is 17.1. The second-order valence-corrected chi connectivity index (χ2v) is 3.79. The molecule has 1 aliphatic rings. The number of carbonyl (C=O) groups is 1. The van der Waals surface area contributed by atoms with E-state index in [0.717, 1.165) is 5.13 Å². The molecule has 0 spiro atoms. The lowest BCUT2D eigenvalue weighted by atomic mass is 10.3. The van der Waals surface area contributed by atoms with Crippen LogP contribution in [0.15, 0.2) is 5.51 Å². The summed E-state index contributed by atoms with van der Waals surface area (Å²) >= 11 is 1.48. The zero-order chi connectivity index (χ0) is 9.97. The Morgan fingerprint density at radius 3 is 2.64 bits per heavy atom. The highest BCUT2D eigenvalue weighted by atomic mass is 32.1. The molecule has 2 heterocycles. The van der Waals surface area contributed by atoms with Gasteiger partial charge in [-0.1, -0.05) is 11.3 Å². The quantitative estimate of drug-likeness (QED) is 0.730. The van der Waals surface area contributed by atoms with Crippen molar-refractivity contribution in [1.82, 2.24) is 15.1 Å². The largest absolute Gasteiger partial charge is 0.465 e. The molecule has 0 radical (unpaired) electrons. The number of hydrogen-bond donors (Lipinski definition) is 1. The number of piperazine rings is 1. The summed E-state index contributed by atoms with van der Waals surface area (Å²) in [6.45, 7) is 2.47. The predicted octanol–water partition coefficient (Wildman–Crippen LogP) is 0.338. The van der Waals surface area contributed by atoms with Crippen molar-refractivity contribution in [3.63, 3.8) is 0 Å². The summed E-state index contributed by atoms with van der Waals surface area (Å²) in [5.74, 6) is 0. The first-order valence-electron chi connectivity index (χ1n) is 4.26. The summed E-state index contributed by atoms with van der Waals surface area (Å²) in [5, 5.41) is 17.3. The van der Waals surface area contributed by atoms with Gasteiger partial charge in [-0.15, -0.1) is 10.2 Å². The van der Waals surface area contributed by atoms with Crippen LogP contribution >= 0.6 is 11.3 Å². The molecule has 0 aliphatic carbocycles. The van der Waals surface area contributed by atoms with E-state index in [-0.39, 0.29) is 0 Å². The van der Waals surface area contributed by atoms with Crippen LogP contribution in [-0.4, -0.2) is 52.5 Å². The van der Waals surface area contributed by atoms with Gasteiger partial charge in [0.05, 0.1) is 0 Å². The highest BCUT2D eigenvalue weighted by Gasteiger charge is 2.21. The van der Waals surface area contributed by atoms with E-state index in [1.807, 2.05) is 0 Å². The minimum absolute atomic E-state index is 0.537. The van der Waals surface area contributed by atoms with Gasteiger partial charge in [0, 0.05) is 26.2 Å². The molecule has 1 saturated heterocycles. The number of nitrogens with zero attached hydrogens (tertiary/aromatic N) is 4. The Morgan fingerprint density at radius 1 is 1.43 bits per heavy atom. The molecule has 7 heteroatoms. The van der Waals surface area contributed by atoms with E-state index in [4.69, 9.17) is 5.11 Å². The maximum absolute atomic E-state index is 10.6. The molecule has 76 valence electrons. The number of rotatable bonds is 1. The molecular weight excluding hydrogens is 204 g/mol. The van der Waals surface area contributed by atoms with Gasteiger partial charge in [0.15, 0.2) is 0 Å². The molecule has 1 N–H and O–H groups in total. The Labute approximate surface area is 84.8 Å². The zero-order valence-corrected chi connectivity index (χ0v) is 8.27. The number of aromatic nitrogens is 2. The van der Waals surface area contributed by atoms with Crippen LogP contribution in [0.4, 0.5) is 9.93 Å². The number of anilines is 1. The van der Waals surface area contributed by atoms with Gasteiger partial charge in [-0.2, -0.15) is 0 Å². The van der Waals surface area contributed by atoms with E-state index in [9.17, 15) is 4.79 Å². The molecule has 1 aromatic heterocycles. The number of hydrogen-bond acceptors (Lipinski definition) is 5. The second kappa shape index (κ2) is 3.79. The fraction of sp³-hybridized carbons (Fsp3) is 0.571. The van der Waals surface area contributed by atoms with Gasteiger partial charge in [0.1, 0.15) is 5.51 Å². The molecule has 2 rings (SSSR count). The Bertz CT molecular complexity index is 307. The van der Waals surface area contributed by atoms with E-state index in [1.165, 1.54) is 16.2 Å². The third-order valence-electron chi connectivity index (χ3n) is 2.17. The maximum Gasteiger partial charge on any atom is 0.407 e. The standard InChI is InChI=1S/C7H10N4O2S/c12-7(13)11-3-1-10(2-4-11)6-9-8-5-14-6/h5H,1-4H2,(H,12,13). The van der Waals surface area contributed by atoms with Crippen molar-refractivity contribution in [1.29, 1.82) is 0 Å². The molecule has 0 unspecified atom stereocenters. The molecule has 0 aromatic carbocycles. The van der Waals surface area contributed by atoms with Crippen LogP contribution < -0.4 is 4.90 Å². The van der Waals surface area contributed by atoms with E-state index < -0.39 is 6.09 Å². The fourth-order valence-electron chi connectivity index (χ4n) is 1.39. The van der Waals surface area contributed by atoms with Gasteiger partial charge in [0.2, 0.25) is 5.13 Å². The van der Waals surface area contributed by atoms with Crippen molar-refractivity contribution in [2.45, 2.75) is 0 Å². The average molecular weight is 214 g/mol. The molecule has 1 aliphatic heterocycles. The smallest absolute Gasteiger partial charge is 0.407 e. The van der Waals surface area contributed by atoms with Crippen LogP contribution in [0.25, 0.3) is 0 Å². The summed E-state index contributed by atoms with van der Waals surface area (Å²) in [6.07, 6.45) is -0.845. The fourth-order valence-corrected chi connectivity index (χ4v) is 2.01. The summed E-state index contributed by atoms with van der Waals surface area (Å²) in [4.78, 5) is 14.1. The first-order chi connectivity index (χ1) is 6.77. The van der Waals surface area contributed by atoms with Gasteiger partial charge >= 0.3 is 6.09 Å². The van der Waals surface area contributed by atoms with Crippen molar-refractivity contribution in [3.05, 3.63) is 5.51 Å². The van der Waals surface area contributed by atoms with E-state index >= 15 is 0 Å². The minimum Gasteiger partial charge on any atom is -0.465 e. The Hall–Kier alpha value is -1.37. The predicted molar refractivity (Wildman–Crippen MR) is 51.7 cm³/mol. The summed E-state index contributed by atoms with van der Waals surface area (Å²) < 4.78 is 0. The Morgan fingerprint density at radius 2 is 2.14 bits per heavy atom. The molecular formula is C7H10N4O2S. The summed E-state index contributed by atoms with van der Waals surface area (Å²) in [7, 11) is 0. The van der Waals surface area contributed by atoms with Crippen molar-refractivity contribution >= 4 is 22.6 Å². The second-order valence-electron chi connectivity index (χ2n) is 2.98. The zero-order valence-electron chi connectivity index (χ0n) is 7.46. The van der Waals surface area contributed by atoms with E-state index in [1.54, 1.807) is 5.51 Å². The van der Waals surface area contributed by atoms with Crippen molar-refractivity contribution in [3.8, 4) is 0 Å². The van der Waals surface area contributed by atoms with E-state index in [0.29, 0.717) is 26.2 Å². The van der Waals surface area contributed by atoms with Crippen LogP contribution in [0.1, 0.15) is 0 Å². The molecule has 0 saturated carbocycles. The van der Waals surface area contributed by atoms with Crippen molar-refractivity contribution < 1.29 is 9.90 Å². The van der Waals surface area contributed by atoms with Gasteiger partial charge < -0.3 is 14.9 Å². The Balaban J connectivity index is 1.93. The average Bonchev–Trinajstić information content (AvgIpc) is 2.71. The topological polar surface area (TPSA) is 69.6 Å². The van der Waals surface area contributed by atoms with Crippen LogP contribution in [0.3, 0.4) is 0 Å². The third kappa shape index (κ3) is 1.77. The lowest BCUT2D eigenvalue weighted by Crippen LogP contribution is -2.48. The van der Waals surface area contributed by atoms with Gasteiger partial charge in [-0.25, -0.2) is 4.79 Å². The summed E-state index contributed by atoms with van der Waals surface area (Å²) in [5.41, 5.74) is 1.68. The number of carboxylic acid groups (broad SMARTS) is 1. The molecule has 0 atom stereocenters. The highest BCUT2D eigenvalue weighted by Crippen LogP contribution is 2.17. The Kier molecular flexibility index (Phi) is 2.49. The van der Waals surface area contributed by atoms with Crippen LogP contribution in [0.2, 0.25) is 0 Å². The van der Waals surface area contributed by atoms with Gasteiger partial charge in [-0.05, 0) is 0 Å². The lowest BCUT2D eigenvalue weighted by molar-refractivity contribution is 0.142. The maximum atomic E-state index is 10.6. The number of amides is 1. The third-order valence-corrected chi connectivity index (χ3v) is 2.92.